The highest BCUT2D eigenvalue weighted by molar-refractivity contribution is 9.10. The second kappa shape index (κ2) is 10.6. The molecule has 2 aliphatic rings. The fourth-order valence-corrected chi connectivity index (χ4v) is 7.43. The molecule has 2 N–H and O–H groups in total. The second-order valence-electron chi connectivity index (χ2n) is 8.66. The van der Waals surface area contributed by atoms with E-state index < -0.39 is 11.9 Å². The van der Waals surface area contributed by atoms with Gasteiger partial charge < -0.3 is 10.6 Å². The highest BCUT2D eigenvalue weighted by Crippen LogP contribution is 2.42. The molecule has 2 aromatic heterocycles. The van der Waals surface area contributed by atoms with Crippen molar-refractivity contribution in [2.75, 3.05) is 18.1 Å². The van der Waals surface area contributed by atoms with Gasteiger partial charge in [0.15, 0.2) is 10.0 Å². The van der Waals surface area contributed by atoms with Crippen molar-refractivity contribution in [2.24, 2.45) is 13.0 Å². The quantitative estimate of drug-likeness (QED) is 0.350. The van der Waals surface area contributed by atoms with Crippen LogP contribution in [0.3, 0.4) is 0 Å². The maximum Gasteiger partial charge on any atom is 0.273 e. The number of thioether (sulfide) groups is 2. The van der Waals surface area contributed by atoms with Crippen molar-refractivity contribution in [3.8, 4) is 0 Å². The Morgan fingerprint density at radius 1 is 1.26 bits per heavy atom. The van der Waals surface area contributed by atoms with E-state index in [4.69, 9.17) is 0 Å². The Morgan fingerprint density at radius 2 is 2.00 bits per heavy atom. The van der Waals surface area contributed by atoms with Crippen LogP contribution in [0.2, 0.25) is 0 Å². The molecule has 14 heteroatoms. The lowest BCUT2D eigenvalue weighted by atomic mass is 10.0. The number of aryl methyl sites for hydroxylation is 2. The van der Waals surface area contributed by atoms with Crippen molar-refractivity contribution < 1.29 is 14.4 Å². The fourth-order valence-electron chi connectivity index (χ4n) is 3.61. The van der Waals surface area contributed by atoms with Crippen molar-refractivity contribution in [2.45, 2.75) is 43.5 Å². The minimum atomic E-state index is -0.727. The lowest BCUT2D eigenvalue weighted by Gasteiger charge is -2.50. The van der Waals surface area contributed by atoms with E-state index >= 15 is 0 Å². The molecule has 0 aliphatic carbocycles. The standard InChI is InChI=1S/C21H26BrN7O3S3/c1-9(2)6-23-18(31)16-12(8-34-21-26-25-11(4)35-21)7-33-20-15(19(32)29(16)20)24-17(30)14-13(22)10(3)28(5)27-14/h9,15,20H,6-8H2,1-5H3,(H,23,31)(H,24,30)/t15-,20+/m1/s1. The number of aromatic nitrogens is 4. The average Bonchev–Trinajstić information content (AvgIpc) is 3.36. The van der Waals surface area contributed by atoms with E-state index in [2.05, 4.69) is 41.9 Å². The van der Waals surface area contributed by atoms with Crippen molar-refractivity contribution in [3.05, 3.63) is 32.1 Å². The maximum atomic E-state index is 13.2. The number of hydrogen-bond acceptors (Lipinski definition) is 9. The number of halogens is 1. The zero-order valence-corrected chi connectivity index (χ0v) is 24.0. The molecular weight excluding hydrogens is 574 g/mol. The van der Waals surface area contributed by atoms with E-state index in [1.807, 2.05) is 27.7 Å². The van der Waals surface area contributed by atoms with Gasteiger partial charge in [-0.15, -0.1) is 22.0 Å². The Bertz CT molecular complexity index is 1210. The van der Waals surface area contributed by atoms with E-state index in [1.54, 1.807) is 11.7 Å². The highest BCUT2D eigenvalue weighted by Gasteiger charge is 2.54. The maximum absolute atomic E-state index is 13.2. The summed E-state index contributed by atoms with van der Waals surface area (Å²) in [5.41, 5.74) is 2.29. The largest absolute Gasteiger partial charge is 0.351 e. The molecule has 10 nitrogen and oxygen atoms in total. The Morgan fingerprint density at radius 3 is 2.60 bits per heavy atom. The van der Waals surface area contributed by atoms with Crippen molar-refractivity contribution in [1.82, 2.24) is 35.5 Å². The Hall–Kier alpha value is -1.90. The van der Waals surface area contributed by atoms with E-state index in [9.17, 15) is 14.4 Å². The molecule has 1 fully saturated rings. The molecule has 2 aromatic rings. The number of rotatable bonds is 8. The van der Waals surface area contributed by atoms with Gasteiger partial charge in [-0.1, -0.05) is 36.9 Å². The van der Waals surface area contributed by atoms with Crippen LogP contribution in [0.25, 0.3) is 0 Å². The molecule has 4 heterocycles. The van der Waals surface area contributed by atoms with Crippen LogP contribution < -0.4 is 10.6 Å². The molecule has 0 saturated carbocycles. The Kier molecular flexibility index (Phi) is 7.93. The molecular formula is C21H26BrN7O3S3. The number of amides is 3. The molecule has 0 spiro atoms. The van der Waals surface area contributed by atoms with Gasteiger partial charge in [-0.25, -0.2) is 0 Å². The first-order valence-electron chi connectivity index (χ1n) is 11.0. The molecule has 0 aromatic carbocycles. The molecule has 1 saturated heterocycles. The van der Waals surface area contributed by atoms with Gasteiger partial charge >= 0.3 is 0 Å². The molecule has 2 aliphatic heterocycles. The SMILES string of the molecule is Cc1nnc(SCC2=C(C(=O)NCC(C)C)N3C(=O)[C@@H](NC(=O)c4nn(C)c(C)c4Br)[C@@H]3SC2)s1. The molecule has 0 unspecified atom stereocenters. The molecule has 35 heavy (non-hydrogen) atoms. The third-order valence-corrected chi connectivity index (χ3v) is 9.92. The monoisotopic (exact) mass is 599 g/mol. The van der Waals surface area contributed by atoms with Crippen LogP contribution in [0, 0.1) is 19.8 Å². The zero-order valence-electron chi connectivity index (χ0n) is 19.9. The van der Waals surface area contributed by atoms with E-state index in [1.165, 1.54) is 39.8 Å². The van der Waals surface area contributed by atoms with Crippen LogP contribution in [0.15, 0.2) is 20.1 Å². The number of nitrogens with one attached hydrogen (secondary N) is 2. The van der Waals surface area contributed by atoms with Crippen molar-refractivity contribution in [3.63, 3.8) is 0 Å². The predicted octanol–water partition coefficient (Wildman–Crippen LogP) is 2.48. The topological polar surface area (TPSA) is 122 Å². The van der Waals surface area contributed by atoms with Gasteiger partial charge in [0.05, 0.1) is 10.2 Å². The van der Waals surface area contributed by atoms with E-state index in [0.717, 1.165) is 20.6 Å². The van der Waals surface area contributed by atoms with Gasteiger partial charge in [-0.2, -0.15) is 5.10 Å². The first-order chi connectivity index (χ1) is 16.6. The first-order valence-corrected chi connectivity index (χ1v) is 14.6. The average molecular weight is 601 g/mol. The van der Waals surface area contributed by atoms with Gasteiger partial charge in [0.2, 0.25) is 0 Å². The number of carbonyl (C=O) groups is 3. The summed E-state index contributed by atoms with van der Waals surface area (Å²) < 4.78 is 3.02. The fraction of sp³-hybridized carbons (Fsp3) is 0.524. The normalized spacial score (nSPS) is 19.6. The van der Waals surface area contributed by atoms with Crippen LogP contribution in [-0.4, -0.2) is 72.1 Å². The van der Waals surface area contributed by atoms with Gasteiger partial charge in [0.1, 0.15) is 22.1 Å². The van der Waals surface area contributed by atoms with Crippen LogP contribution in [-0.2, 0) is 16.6 Å². The van der Waals surface area contributed by atoms with E-state index in [0.29, 0.717) is 28.2 Å². The smallest absolute Gasteiger partial charge is 0.273 e. The van der Waals surface area contributed by atoms with Crippen LogP contribution >= 0.6 is 50.8 Å². The lowest BCUT2D eigenvalue weighted by Crippen LogP contribution is -2.71. The molecule has 2 atom stereocenters. The summed E-state index contributed by atoms with van der Waals surface area (Å²) in [6.45, 7) is 8.27. The van der Waals surface area contributed by atoms with Crippen LogP contribution in [0.1, 0.15) is 35.0 Å². The minimum Gasteiger partial charge on any atom is -0.351 e. The summed E-state index contributed by atoms with van der Waals surface area (Å²) in [4.78, 5) is 40.8. The number of β-lactam (4-membered cyclic amide) rings is 1. The number of hydrogen-bond donors (Lipinski definition) is 2. The van der Waals surface area contributed by atoms with E-state index in [-0.39, 0.29) is 28.8 Å². The Balaban J connectivity index is 1.53. The number of nitrogens with zero attached hydrogens (tertiary/aromatic N) is 5. The van der Waals surface area contributed by atoms with Gasteiger partial charge in [0, 0.05) is 25.1 Å². The minimum absolute atomic E-state index is 0.229. The second-order valence-corrected chi connectivity index (χ2v) is 13.0. The third-order valence-electron chi connectivity index (χ3n) is 5.57. The summed E-state index contributed by atoms with van der Waals surface area (Å²) in [5, 5.41) is 18.7. The number of carbonyl (C=O) groups excluding carboxylic acids is 3. The lowest BCUT2D eigenvalue weighted by molar-refractivity contribution is -0.145. The highest BCUT2D eigenvalue weighted by atomic mass is 79.9. The molecule has 4 rings (SSSR count). The predicted molar refractivity (Wildman–Crippen MR) is 140 cm³/mol. The third kappa shape index (κ3) is 5.30. The first kappa shape index (κ1) is 26.2. The van der Waals surface area contributed by atoms with Gasteiger partial charge in [-0.3, -0.25) is 24.0 Å². The van der Waals surface area contributed by atoms with Gasteiger partial charge in [-0.05, 0) is 41.3 Å². The molecule has 0 bridgehead atoms. The van der Waals surface area contributed by atoms with Crippen LogP contribution in [0.5, 0.6) is 0 Å². The molecule has 188 valence electrons. The summed E-state index contributed by atoms with van der Waals surface area (Å²) in [6, 6.07) is -0.727. The Labute approximate surface area is 224 Å². The zero-order chi connectivity index (χ0) is 25.4. The summed E-state index contributed by atoms with van der Waals surface area (Å²) in [6.07, 6.45) is 0. The molecule has 3 amide bonds. The molecule has 0 radical (unpaired) electrons. The van der Waals surface area contributed by atoms with Crippen molar-refractivity contribution in [1.29, 1.82) is 0 Å². The summed E-state index contributed by atoms with van der Waals surface area (Å²) in [5.74, 6) is 0.372. The van der Waals surface area contributed by atoms with Gasteiger partial charge in [0.25, 0.3) is 17.7 Å². The van der Waals surface area contributed by atoms with Crippen LogP contribution in [0.4, 0.5) is 0 Å². The summed E-state index contributed by atoms with van der Waals surface area (Å²) >= 11 is 7.94. The number of fused-ring (bicyclic) bond motifs is 1. The summed E-state index contributed by atoms with van der Waals surface area (Å²) in [7, 11) is 1.75. The van der Waals surface area contributed by atoms with Crippen molar-refractivity contribution >= 4 is 68.5 Å².